The normalized spacial score (nSPS) is 20.5. The van der Waals surface area contributed by atoms with Gasteiger partial charge in [0.1, 0.15) is 6.04 Å². The number of imide groups is 1. The molecule has 1 fully saturated rings. The number of thiophene rings is 4. The van der Waals surface area contributed by atoms with Crippen LogP contribution in [0.2, 0.25) is 0 Å². The maximum absolute atomic E-state index is 11.6. The van der Waals surface area contributed by atoms with Gasteiger partial charge in [0, 0.05) is 116 Å². The van der Waals surface area contributed by atoms with E-state index in [1.807, 2.05) is 100.0 Å². The monoisotopic (exact) mass is 985 g/mol. The highest BCUT2D eigenvalue weighted by molar-refractivity contribution is 7.19. The van der Waals surface area contributed by atoms with Crippen molar-refractivity contribution in [1.29, 1.82) is 0 Å². The van der Waals surface area contributed by atoms with Crippen LogP contribution in [0.5, 0.6) is 0 Å². The van der Waals surface area contributed by atoms with Gasteiger partial charge >= 0.3 is 0 Å². The van der Waals surface area contributed by atoms with Crippen LogP contribution in [0, 0.1) is 48.5 Å². The van der Waals surface area contributed by atoms with Gasteiger partial charge in [0.25, 0.3) is 0 Å². The van der Waals surface area contributed by atoms with Gasteiger partial charge in [-0.2, -0.15) is 0 Å². The number of carbonyl (C=O) groups is 2. The molecule has 2 amide bonds. The van der Waals surface area contributed by atoms with Crippen molar-refractivity contribution in [2.24, 2.45) is 20.0 Å². The van der Waals surface area contributed by atoms with E-state index in [-0.39, 0.29) is 36.0 Å². The van der Waals surface area contributed by atoms with E-state index in [9.17, 15) is 9.59 Å². The van der Waals surface area contributed by atoms with Crippen LogP contribution in [-0.2, 0) is 9.59 Å². The molecule has 5 aliphatic heterocycles. The number of benzene rings is 1. The van der Waals surface area contributed by atoms with Crippen LogP contribution < -0.4 is 0 Å². The lowest BCUT2D eigenvalue weighted by Crippen LogP contribution is -2.36. The third-order valence-electron chi connectivity index (χ3n) is 11.9. The summed E-state index contributed by atoms with van der Waals surface area (Å²) < 4.78 is 1.35. The van der Waals surface area contributed by atoms with E-state index in [4.69, 9.17) is 0 Å². The Hall–Kier alpha value is -5.74. The van der Waals surface area contributed by atoms with Crippen molar-refractivity contribution in [1.82, 2.24) is 24.5 Å². The number of hydrogen-bond donors (Lipinski definition) is 0. The van der Waals surface area contributed by atoms with Crippen molar-refractivity contribution in [3.05, 3.63) is 147 Å². The number of fused-ring (bicyclic) bond motifs is 1. The summed E-state index contributed by atoms with van der Waals surface area (Å²) in [5.41, 5.74) is 6.61. The molecule has 1 saturated heterocycles. The predicted molar refractivity (Wildman–Crippen MR) is 290 cm³/mol. The highest BCUT2D eigenvalue weighted by Gasteiger charge is 2.29. The Kier molecular flexibility index (Phi) is 16.6. The van der Waals surface area contributed by atoms with Crippen molar-refractivity contribution < 1.29 is 9.59 Å². The number of rotatable bonds is 7. The minimum absolute atomic E-state index is 0.0647. The molecule has 5 aliphatic rings. The van der Waals surface area contributed by atoms with Gasteiger partial charge in [0.15, 0.2) is 0 Å². The van der Waals surface area contributed by atoms with Crippen LogP contribution in [-0.4, -0.2) is 95.9 Å². The third-order valence-corrected chi connectivity index (χ3v) is 16.0. The summed E-state index contributed by atoms with van der Waals surface area (Å²) in [6.45, 7) is 18.2. The molecular weight excluding hydrogens is 923 g/mol. The number of amides is 2. The first-order valence-corrected chi connectivity index (χ1v) is 26.1. The zero-order valence-electron chi connectivity index (χ0n) is 41.0. The number of aliphatic imine (C=N–C) groups is 4. The largest absolute Gasteiger partial charge is 0.343 e. The molecule has 1 aromatic carbocycles. The molecule has 68 heavy (non-hydrogen) atoms. The van der Waals surface area contributed by atoms with Crippen molar-refractivity contribution in [3.8, 4) is 0 Å². The van der Waals surface area contributed by atoms with Crippen LogP contribution in [0.15, 0.2) is 111 Å². The van der Waals surface area contributed by atoms with E-state index in [0.717, 1.165) is 0 Å². The standard InChI is InChI=1S/C16H19N3O2S.C14H14N2S.C12H16N2S.C11H14N2S/c1-11-9-13(12(2)22-11)14-5-6-18(10-17-14)7-8-19-15(20)3-4-16(19)21;1-10-14(12-7-8-16(2)9-15-12)11-5-3-4-6-13(11)17-10;1-8-6-14(4)7-13-12(8)11-5-9(2)15-10(11)3;1-8-6-10(9(2)14-8)11-4-5-13(3)7-12-11/h5-6,9-10,14H,3-4,7-8H2,1-2H3;3-9,12H,1-2H3;5-7,12H,1-4H3;4-7,11H,1-3H3. The highest BCUT2D eigenvalue weighted by Crippen LogP contribution is 2.38. The molecule has 4 atom stereocenters. The molecule has 4 unspecified atom stereocenters. The number of aryl methyl sites for hydroxylation is 7. The van der Waals surface area contributed by atoms with Gasteiger partial charge in [-0.1, -0.05) is 18.2 Å². The second kappa shape index (κ2) is 22.6. The summed E-state index contributed by atoms with van der Waals surface area (Å²) in [7, 11) is 5.99. The van der Waals surface area contributed by atoms with Gasteiger partial charge < -0.3 is 19.6 Å². The lowest BCUT2D eigenvalue weighted by Gasteiger charge is -2.23. The number of nitrogens with zero attached hydrogens (tertiary/aromatic N) is 9. The number of carbonyl (C=O) groups excluding carboxylic acids is 2. The van der Waals surface area contributed by atoms with Gasteiger partial charge in [0.05, 0.1) is 43.5 Å². The smallest absolute Gasteiger partial charge is 0.229 e. The number of likely N-dealkylation sites (tertiary alicyclic amines) is 1. The minimum Gasteiger partial charge on any atom is -0.343 e. The zero-order valence-corrected chi connectivity index (χ0v) is 44.3. The average Bonchev–Trinajstić information content (AvgIpc) is 4.11. The van der Waals surface area contributed by atoms with Crippen molar-refractivity contribution in [2.45, 2.75) is 92.4 Å². The van der Waals surface area contributed by atoms with E-state index < -0.39 is 0 Å². The summed E-state index contributed by atoms with van der Waals surface area (Å²) in [6, 6.07) is 15.9. The molecule has 356 valence electrons. The molecule has 15 heteroatoms. The minimum atomic E-state index is -0.0647. The Balaban J connectivity index is 0.000000136. The Morgan fingerprint density at radius 3 is 1.53 bits per heavy atom. The predicted octanol–water partition coefficient (Wildman–Crippen LogP) is 12.3. The van der Waals surface area contributed by atoms with Crippen LogP contribution in [0.25, 0.3) is 10.1 Å². The second-order valence-corrected chi connectivity index (χ2v) is 23.2. The summed E-state index contributed by atoms with van der Waals surface area (Å²) in [5.74, 6) is -0.129. The third kappa shape index (κ3) is 12.5. The maximum atomic E-state index is 11.6. The molecule has 0 saturated carbocycles. The molecule has 0 aliphatic carbocycles. The van der Waals surface area contributed by atoms with E-state index in [1.165, 1.54) is 77.0 Å². The van der Waals surface area contributed by atoms with E-state index >= 15 is 0 Å². The fourth-order valence-corrected chi connectivity index (χ4v) is 12.6. The van der Waals surface area contributed by atoms with E-state index in [2.05, 4.69) is 155 Å². The van der Waals surface area contributed by atoms with Gasteiger partial charge in [-0.15, -0.1) is 45.3 Å². The Bertz CT molecular complexity index is 2790. The second-order valence-electron chi connectivity index (χ2n) is 17.5. The first-order valence-electron chi connectivity index (χ1n) is 22.8. The fourth-order valence-electron chi connectivity index (χ4n) is 8.57. The fraction of sp³-hybridized carbons (Fsp3) is 0.358. The Morgan fingerprint density at radius 1 is 0.544 bits per heavy atom. The Labute approximate surface area is 418 Å². The molecule has 9 heterocycles. The lowest BCUT2D eigenvalue weighted by atomic mass is 10.0. The van der Waals surface area contributed by atoms with Gasteiger partial charge in [-0.05, 0) is 126 Å². The van der Waals surface area contributed by atoms with Crippen LogP contribution in [0.3, 0.4) is 0 Å². The van der Waals surface area contributed by atoms with Crippen molar-refractivity contribution >= 4 is 92.6 Å². The topological polar surface area (TPSA) is 99.8 Å². The van der Waals surface area contributed by atoms with Gasteiger partial charge in [0.2, 0.25) is 11.8 Å². The SMILES string of the molecule is CC1=CN(C)C=NC1c1cc(C)sc1C.Cc1cc(C2C=CN(C)C=N2)c(C)s1.Cc1cc(C2C=CN(CCN3C(=O)CCC3=O)C=N2)c(C)s1.Cc1sc2ccccc2c1C1C=CN(C)C=N1. The number of hydrogen-bond acceptors (Lipinski definition) is 14. The van der Waals surface area contributed by atoms with Gasteiger partial charge in [-0.3, -0.25) is 34.5 Å². The van der Waals surface area contributed by atoms with Crippen molar-refractivity contribution in [2.75, 3.05) is 34.2 Å². The Morgan fingerprint density at radius 2 is 1.04 bits per heavy atom. The van der Waals surface area contributed by atoms with Crippen LogP contribution in [0.4, 0.5) is 0 Å². The highest BCUT2D eigenvalue weighted by atomic mass is 32.1. The maximum Gasteiger partial charge on any atom is 0.229 e. The molecule has 4 aromatic heterocycles. The van der Waals surface area contributed by atoms with Crippen LogP contribution in [0.1, 0.15) is 100 Å². The molecular formula is C53H63N9O2S4. The summed E-state index contributed by atoms with van der Waals surface area (Å²) in [6.07, 6.45) is 22.7. The van der Waals surface area contributed by atoms with Crippen LogP contribution >= 0.6 is 45.3 Å². The average molecular weight is 986 g/mol. The van der Waals surface area contributed by atoms with Crippen molar-refractivity contribution in [3.63, 3.8) is 0 Å². The van der Waals surface area contributed by atoms with E-state index in [0.29, 0.717) is 25.9 Å². The molecule has 0 radical (unpaired) electrons. The molecule has 0 bridgehead atoms. The van der Waals surface area contributed by atoms with E-state index in [1.54, 1.807) is 17.7 Å². The summed E-state index contributed by atoms with van der Waals surface area (Å²) in [5, 5.41) is 1.34. The summed E-state index contributed by atoms with van der Waals surface area (Å²) >= 11 is 7.33. The zero-order chi connectivity index (χ0) is 48.6. The first-order chi connectivity index (χ1) is 32.5. The summed E-state index contributed by atoms with van der Waals surface area (Å²) in [4.78, 5) is 60.0. The first kappa shape index (κ1) is 50.1. The lowest BCUT2D eigenvalue weighted by molar-refractivity contribution is -0.138. The molecule has 11 nitrogen and oxygen atoms in total. The quantitative estimate of drug-likeness (QED) is 0.151. The molecule has 10 rings (SSSR count). The molecule has 5 aromatic rings. The molecule has 0 N–H and O–H groups in total. The molecule has 0 spiro atoms. The van der Waals surface area contributed by atoms with Gasteiger partial charge in [-0.25, -0.2) is 0 Å².